The van der Waals surface area contributed by atoms with Crippen LogP contribution in [0.1, 0.15) is 6.92 Å². The molecule has 1 atom stereocenters. The molecular weight excluding hydrogens is 262 g/mol. The van der Waals surface area contributed by atoms with Crippen LogP contribution >= 0.6 is 0 Å². The first-order valence-corrected chi connectivity index (χ1v) is 5.45. The van der Waals surface area contributed by atoms with E-state index in [1.807, 2.05) is 0 Å². The van der Waals surface area contributed by atoms with E-state index < -0.39 is 17.8 Å². The predicted octanol–water partition coefficient (Wildman–Crippen LogP) is 3.50. The second kappa shape index (κ2) is 5.42. The zero-order valence-corrected chi connectivity index (χ0v) is 10.2. The first kappa shape index (κ1) is 15.2. The Morgan fingerprint density at radius 2 is 1.79 bits per heavy atom. The van der Waals surface area contributed by atoms with Crippen LogP contribution in [0.2, 0.25) is 0 Å². The molecule has 0 aliphatic carbocycles. The van der Waals surface area contributed by atoms with E-state index in [1.165, 1.54) is 18.2 Å². The average molecular weight is 275 g/mol. The number of hydrogen-bond acceptors (Lipinski definition) is 1. The number of halogens is 4. The molecule has 0 fully saturated rings. The third kappa shape index (κ3) is 3.13. The maximum atomic E-state index is 13.7. The van der Waals surface area contributed by atoms with Gasteiger partial charge >= 0.3 is 6.18 Å². The van der Waals surface area contributed by atoms with Crippen molar-refractivity contribution in [3.63, 3.8) is 0 Å². The van der Waals surface area contributed by atoms with E-state index in [2.05, 4.69) is 6.58 Å². The van der Waals surface area contributed by atoms with Gasteiger partial charge in [0.05, 0.1) is 0 Å². The van der Waals surface area contributed by atoms with Gasteiger partial charge in [0, 0.05) is 12.2 Å². The number of anilines is 1. The van der Waals surface area contributed by atoms with Crippen molar-refractivity contribution in [2.75, 3.05) is 11.4 Å². The standard InChI is InChI=1S/C13H13F4NO/c1-3-9-18(10-7-5-4-6-8-10)11(19)12(2,14)13(15,16)17/h3-8H,1,9H2,2H3. The number of alkyl halides is 4. The molecule has 0 saturated carbocycles. The number of carbonyl (C=O) groups is 1. The number of amides is 1. The lowest BCUT2D eigenvalue weighted by molar-refractivity contribution is -0.219. The highest BCUT2D eigenvalue weighted by atomic mass is 19.4. The van der Waals surface area contributed by atoms with E-state index in [1.54, 1.807) is 18.2 Å². The molecule has 19 heavy (non-hydrogen) atoms. The van der Waals surface area contributed by atoms with Crippen molar-refractivity contribution in [2.24, 2.45) is 0 Å². The molecule has 0 radical (unpaired) electrons. The average Bonchev–Trinajstić information content (AvgIpc) is 2.34. The molecule has 1 aromatic rings. The minimum absolute atomic E-state index is 0.181. The van der Waals surface area contributed by atoms with Crippen LogP contribution in [0.5, 0.6) is 0 Å². The summed E-state index contributed by atoms with van der Waals surface area (Å²) in [6.07, 6.45) is -4.03. The zero-order valence-electron chi connectivity index (χ0n) is 10.2. The van der Waals surface area contributed by atoms with E-state index in [-0.39, 0.29) is 19.2 Å². The number of hydrogen-bond donors (Lipinski definition) is 0. The van der Waals surface area contributed by atoms with Gasteiger partial charge in [-0.05, 0) is 19.1 Å². The smallest absolute Gasteiger partial charge is 0.306 e. The molecule has 0 heterocycles. The third-order valence-corrected chi connectivity index (χ3v) is 2.56. The van der Waals surface area contributed by atoms with Crippen molar-refractivity contribution >= 4 is 11.6 Å². The Morgan fingerprint density at radius 1 is 1.26 bits per heavy atom. The summed E-state index contributed by atoms with van der Waals surface area (Å²) >= 11 is 0. The molecule has 0 spiro atoms. The highest BCUT2D eigenvalue weighted by Crippen LogP contribution is 2.36. The van der Waals surface area contributed by atoms with Gasteiger partial charge in [0.25, 0.3) is 11.6 Å². The quantitative estimate of drug-likeness (QED) is 0.608. The van der Waals surface area contributed by atoms with E-state index in [0.29, 0.717) is 4.90 Å². The lowest BCUT2D eigenvalue weighted by atomic mass is 10.1. The highest BCUT2D eigenvalue weighted by Gasteiger charge is 2.59. The molecule has 104 valence electrons. The van der Waals surface area contributed by atoms with Gasteiger partial charge < -0.3 is 4.90 Å². The van der Waals surface area contributed by atoms with Gasteiger partial charge in [-0.15, -0.1) is 6.58 Å². The number of rotatable bonds is 4. The molecule has 0 N–H and O–H groups in total. The first-order valence-electron chi connectivity index (χ1n) is 5.45. The Balaban J connectivity index is 3.14. The van der Waals surface area contributed by atoms with Crippen molar-refractivity contribution in [2.45, 2.75) is 18.8 Å². The predicted molar refractivity (Wildman–Crippen MR) is 64.6 cm³/mol. The number of benzene rings is 1. The Bertz CT molecular complexity index is 453. The third-order valence-electron chi connectivity index (χ3n) is 2.56. The summed E-state index contributed by atoms with van der Waals surface area (Å²) in [7, 11) is 0. The summed E-state index contributed by atoms with van der Waals surface area (Å²) in [5, 5.41) is 0. The Morgan fingerprint density at radius 3 is 2.21 bits per heavy atom. The van der Waals surface area contributed by atoms with Crippen molar-refractivity contribution in [3.05, 3.63) is 43.0 Å². The van der Waals surface area contributed by atoms with E-state index in [0.717, 1.165) is 0 Å². The normalized spacial score (nSPS) is 14.6. The van der Waals surface area contributed by atoms with Gasteiger partial charge in [0.15, 0.2) is 0 Å². The molecule has 0 aromatic heterocycles. The summed E-state index contributed by atoms with van der Waals surface area (Å²) in [6, 6.07) is 7.57. The van der Waals surface area contributed by atoms with Crippen LogP contribution in [0.4, 0.5) is 23.2 Å². The molecule has 6 heteroatoms. The molecule has 0 bridgehead atoms. The van der Waals surface area contributed by atoms with Gasteiger partial charge in [-0.1, -0.05) is 24.3 Å². The lowest BCUT2D eigenvalue weighted by Gasteiger charge is -2.29. The number of para-hydroxylation sites is 1. The summed E-state index contributed by atoms with van der Waals surface area (Å²) in [4.78, 5) is 12.5. The van der Waals surface area contributed by atoms with Gasteiger partial charge in [-0.25, -0.2) is 4.39 Å². The van der Waals surface area contributed by atoms with Crippen molar-refractivity contribution in [3.8, 4) is 0 Å². The lowest BCUT2D eigenvalue weighted by Crippen LogP contribution is -2.53. The molecule has 2 nitrogen and oxygen atoms in total. The fourth-order valence-electron chi connectivity index (χ4n) is 1.42. The van der Waals surface area contributed by atoms with Gasteiger partial charge in [-0.3, -0.25) is 4.79 Å². The second-order valence-electron chi connectivity index (χ2n) is 4.04. The first-order chi connectivity index (χ1) is 8.71. The molecule has 0 saturated heterocycles. The Kier molecular flexibility index (Phi) is 4.34. The Labute approximate surface area is 108 Å². The maximum absolute atomic E-state index is 13.7. The highest BCUT2D eigenvalue weighted by molar-refractivity contribution is 6.00. The summed E-state index contributed by atoms with van der Waals surface area (Å²) in [5.74, 6) is -1.66. The summed E-state index contributed by atoms with van der Waals surface area (Å²) in [5.41, 5.74) is -3.76. The van der Waals surface area contributed by atoms with Crippen LogP contribution in [0.15, 0.2) is 43.0 Å². The molecule has 1 unspecified atom stereocenters. The molecule has 1 amide bonds. The van der Waals surface area contributed by atoms with Crippen molar-refractivity contribution in [1.29, 1.82) is 0 Å². The van der Waals surface area contributed by atoms with E-state index in [9.17, 15) is 22.4 Å². The number of nitrogens with zero attached hydrogens (tertiary/aromatic N) is 1. The maximum Gasteiger partial charge on any atom is 0.431 e. The second-order valence-corrected chi connectivity index (χ2v) is 4.04. The SMILES string of the molecule is C=CCN(C(=O)C(C)(F)C(F)(F)F)c1ccccc1. The van der Waals surface area contributed by atoms with Gasteiger partial charge in [0.1, 0.15) is 0 Å². The fourth-order valence-corrected chi connectivity index (χ4v) is 1.42. The molecule has 1 rings (SSSR count). The van der Waals surface area contributed by atoms with Crippen molar-refractivity contribution in [1.82, 2.24) is 0 Å². The Hall–Kier alpha value is -1.85. The summed E-state index contributed by atoms with van der Waals surface area (Å²) < 4.78 is 51.4. The van der Waals surface area contributed by atoms with Crippen LogP contribution in [0.25, 0.3) is 0 Å². The van der Waals surface area contributed by atoms with Crippen molar-refractivity contribution < 1.29 is 22.4 Å². The topological polar surface area (TPSA) is 20.3 Å². The fraction of sp³-hybridized carbons (Fsp3) is 0.308. The van der Waals surface area contributed by atoms with E-state index in [4.69, 9.17) is 0 Å². The molecule has 0 aliphatic heterocycles. The number of carbonyl (C=O) groups excluding carboxylic acids is 1. The molecule has 0 aliphatic rings. The monoisotopic (exact) mass is 275 g/mol. The van der Waals surface area contributed by atoms with E-state index >= 15 is 0 Å². The van der Waals surface area contributed by atoms with Crippen LogP contribution in [-0.2, 0) is 4.79 Å². The van der Waals surface area contributed by atoms with Crippen LogP contribution in [-0.4, -0.2) is 24.3 Å². The minimum atomic E-state index is -5.27. The van der Waals surface area contributed by atoms with Gasteiger partial charge in [0.2, 0.25) is 0 Å². The largest absolute Gasteiger partial charge is 0.431 e. The minimum Gasteiger partial charge on any atom is -0.306 e. The van der Waals surface area contributed by atoms with Crippen LogP contribution < -0.4 is 4.90 Å². The molecule has 1 aromatic carbocycles. The molecular formula is C13H13F4NO. The zero-order chi connectivity index (χ0) is 14.7. The van der Waals surface area contributed by atoms with Crippen LogP contribution in [0.3, 0.4) is 0 Å². The summed E-state index contributed by atoms with van der Waals surface area (Å²) in [6.45, 7) is 3.36. The van der Waals surface area contributed by atoms with Gasteiger partial charge in [-0.2, -0.15) is 13.2 Å². The van der Waals surface area contributed by atoms with Crippen LogP contribution in [0, 0.1) is 0 Å².